The molecule has 1 aromatic heterocycles. The SMILES string of the molecule is O=C(NCc1ccccc1)c1ncn2c1CO[C@@H](c1ccccc1)C2. The standard InChI is InChI=1S/C20H19N3O2/c24-20(21-11-15-7-3-1-4-8-15)19-17-13-25-18(12-23(17)14-22-19)16-9-5-2-6-10-16/h1-10,14,18H,11-13H2,(H,21,24)/t18-/m1/s1. The summed E-state index contributed by atoms with van der Waals surface area (Å²) in [6.45, 7) is 1.53. The number of aromatic nitrogens is 2. The number of fused-ring (bicyclic) bond motifs is 1. The van der Waals surface area contributed by atoms with Crippen molar-refractivity contribution in [3.63, 3.8) is 0 Å². The summed E-state index contributed by atoms with van der Waals surface area (Å²) >= 11 is 0. The van der Waals surface area contributed by atoms with E-state index in [-0.39, 0.29) is 12.0 Å². The normalized spacial score (nSPS) is 16.2. The molecule has 0 saturated carbocycles. The van der Waals surface area contributed by atoms with Gasteiger partial charge in [-0.15, -0.1) is 0 Å². The Hall–Kier alpha value is -2.92. The Morgan fingerprint density at radius 1 is 1.12 bits per heavy atom. The summed E-state index contributed by atoms with van der Waals surface area (Å²) < 4.78 is 7.97. The molecule has 0 fully saturated rings. The van der Waals surface area contributed by atoms with Crippen LogP contribution in [0.4, 0.5) is 0 Å². The van der Waals surface area contributed by atoms with Gasteiger partial charge in [0.15, 0.2) is 5.69 Å². The van der Waals surface area contributed by atoms with E-state index in [0.29, 0.717) is 25.4 Å². The number of imidazole rings is 1. The summed E-state index contributed by atoms with van der Waals surface area (Å²) in [5.41, 5.74) is 3.47. The smallest absolute Gasteiger partial charge is 0.272 e. The predicted octanol–water partition coefficient (Wildman–Crippen LogP) is 3.08. The van der Waals surface area contributed by atoms with E-state index < -0.39 is 0 Å². The van der Waals surface area contributed by atoms with Crippen molar-refractivity contribution in [3.8, 4) is 0 Å². The maximum atomic E-state index is 12.5. The predicted molar refractivity (Wildman–Crippen MR) is 93.8 cm³/mol. The monoisotopic (exact) mass is 333 g/mol. The largest absolute Gasteiger partial charge is 0.365 e. The molecule has 3 aromatic rings. The van der Waals surface area contributed by atoms with E-state index >= 15 is 0 Å². The maximum Gasteiger partial charge on any atom is 0.272 e. The summed E-state index contributed by atoms with van der Waals surface area (Å²) in [7, 11) is 0. The number of carbonyl (C=O) groups is 1. The number of ether oxygens (including phenoxy) is 1. The average Bonchev–Trinajstić information content (AvgIpc) is 3.11. The third kappa shape index (κ3) is 3.32. The first-order valence-corrected chi connectivity index (χ1v) is 8.34. The van der Waals surface area contributed by atoms with Crippen LogP contribution in [0.3, 0.4) is 0 Å². The lowest BCUT2D eigenvalue weighted by molar-refractivity contribution is 0.00257. The number of carbonyl (C=O) groups excluding carboxylic acids is 1. The van der Waals surface area contributed by atoms with Gasteiger partial charge in [0.05, 0.1) is 25.2 Å². The minimum absolute atomic E-state index is 0.0110. The molecule has 2 aromatic carbocycles. The first kappa shape index (κ1) is 15.6. The molecule has 5 heteroatoms. The van der Waals surface area contributed by atoms with Crippen molar-refractivity contribution in [1.29, 1.82) is 0 Å². The Morgan fingerprint density at radius 2 is 1.84 bits per heavy atom. The van der Waals surface area contributed by atoms with Crippen LogP contribution in [0.2, 0.25) is 0 Å². The molecule has 5 nitrogen and oxygen atoms in total. The van der Waals surface area contributed by atoms with Gasteiger partial charge in [0, 0.05) is 6.54 Å². The zero-order valence-electron chi connectivity index (χ0n) is 13.8. The third-order valence-electron chi connectivity index (χ3n) is 4.41. The molecule has 1 aliphatic rings. The highest BCUT2D eigenvalue weighted by Crippen LogP contribution is 2.27. The van der Waals surface area contributed by atoms with Crippen LogP contribution in [-0.4, -0.2) is 15.5 Å². The van der Waals surface area contributed by atoms with E-state index in [2.05, 4.69) is 22.4 Å². The molecule has 0 saturated heterocycles. The molecule has 0 spiro atoms. The van der Waals surface area contributed by atoms with Crippen LogP contribution in [-0.2, 0) is 24.4 Å². The minimum Gasteiger partial charge on any atom is -0.365 e. The minimum atomic E-state index is -0.167. The summed E-state index contributed by atoms with van der Waals surface area (Å²) in [5.74, 6) is -0.167. The van der Waals surface area contributed by atoms with E-state index in [9.17, 15) is 4.79 Å². The van der Waals surface area contributed by atoms with Gasteiger partial charge in [0.2, 0.25) is 0 Å². The first-order chi connectivity index (χ1) is 12.3. The van der Waals surface area contributed by atoms with Gasteiger partial charge in [-0.3, -0.25) is 4.79 Å². The number of hydrogen-bond donors (Lipinski definition) is 1. The third-order valence-corrected chi connectivity index (χ3v) is 4.41. The molecule has 1 amide bonds. The summed E-state index contributed by atoms with van der Waals surface area (Å²) in [6.07, 6.45) is 1.72. The molecule has 2 heterocycles. The van der Waals surface area contributed by atoms with E-state index in [0.717, 1.165) is 16.8 Å². The van der Waals surface area contributed by atoms with Gasteiger partial charge in [-0.1, -0.05) is 60.7 Å². The summed E-state index contributed by atoms with van der Waals surface area (Å²) in [4.78, 5) is 16.8. The molecular weight excluding hydrogens is 314 g/mol. The molecule has 1 atom stereocenters. The number of nitrogens with one attached hydrogen (secondary N) is 1. The van der Waals surface area contributed by atoms with Crippen LogP contribution in [0.15, 0.2) is 67.0 Å². The van der Waals surface area contributed by atoms with Crippen LogP contribution in [0.1, 0.15) is 33.4 Å². The lowest BCUT2D eigenvalue weighted by atomic mass is 10.1. The molecule has 25 heavy (non-hydrogen) atoms. The zero-order chi connectivity index (χ0) is 17.1. The highest BCUT2D eigenvalue weighted by molar-refractivity contribution is 5.93. The fourth-order valence-corrected chi connectivity index (χ4v) is 3.05. The molecular formula is C20H19N3O2. The Bertz CT molecular complexity index is 859. The number of rotatable bonds is 4. The number of amides is 1. The van der Waals surface area contributed by atoms with E-state index in [1.807, 2.05) is 53.1 Å². The quantitative estimate of drug-likeness (QED) is 0.798. The van der Waals surface area contributed by atoms with Gasteiger partial charge < -0.3 is 14.6 Å². The van der Waals surface area contributed by atoms with Crippen LogP contribution < -0.4 is 5.32 Å². The molecule has 0 aliphatic carbocycles. The number of benzene rings is 2. The Labute approximate surface area is 146 Å². The van der Waals surface area contributed by atoms with Crippen molar-refractivity contribution in [3.05, 3.63) is 89.5 Å². The fourth-order valence-electron chi connectivity index (χ4n) is 3.05. The molecule has 0 unspecified atom stereocenters. The fraction of sp³-hybridized carbons (Fsp3) is 0.200. The van der Waals surface area contributed by atoms with Crippen LogP contribution >= 0.6 is 0 Å². The lowest BCUT2D eigenvalue weighted by Gasteiger charge is -2.25. The molecule has 4 rings (SSSR count). The molecule has 0 radical (unpaired) electrons. The zero-order valence-corrected chi connectivity index (χ0v) is 13.8. The molecule has 1 aliphatic heterocycles. The van der Waals surface area contributed by atoms with E-state index in [1.54, 1.807) is 6.33 Å². The molecule has 0 bridgehead atoms. The van der Waals surface area contributed by atoms with Crippen LogP contribution in [0.5, 0.6) is 0 Å². The Balaban J connectivity index is 1.45. The van der Waals surface area contributed by atoms with Gasteiger partial charge in [0.1, 0.15) is 6.10 Å². The Morgan fingerprint density at radius 3 is 2.60 bits per heavy atom. The van der Waals surface area contributed by atoms with Gasteiger partial charge >= 0.3 is 0 Å². The van der Waals surface area contributed by atoms with E-state index in [4.69, 9.17) is 4.74 Å². The van der Waals surface area contributed by atoms with Crippen molar-refractivity contribution >= 4 is 5.91 Å². The van der Waals surface area contributed by atoms with Gasteiger partial charge in [-0.25, -0.2) is 4.98 Å². The number of nitrogens with zero attached hydrogens (tertiary/aromatic N) is 2. The van der Waals surface area contributed by atoms with Crippen molar-refractivity contribution in [1.82, 2.24) is 14.9 Å². The van der Waals surface area contributed by atoms with Crippen molar-refractivity contribution in [2.75, 3.05) is 0 Å². The Kier molecular flexibility index (Phi) is 4.31. The maximum absolute atomic E-state index is 12.5. The highest BCUT2D eigenvalue weighted by atomic mass is 16.5. The van der Waals surface area contributed by atoms with Crippen molar-refractivity contribution in [2.45, 2.75) is 25.8 Å². The lowest BCUT2D eigenvalue weighted by Crippen LogP contribution is -2.27. The summed E-state index contributed by atoms with van der Waals surface area (Å²) in [5, 5.41) is 2.92. The molecule has 1 N–H and O–H groups in total. The van der Waals surface area contributed by atoms with Crippen LogP contribution in [0, 0.1) is 0 Å². The van der Waals surface area contributed by atoms with Gasteiger partial charge in [-0.05, 0) is 11.1 Å². The van der Waals surface area contributed by atoms with E-state index in [1.165, 1.54) is 0 Å². The number of hydrogen-bond acceptors (Lipinski definition) is 3. The first-order valence-electron chi connectivity index (χ1n) is 8.34. The highest BCUT2D eigenvalue weighted by Gasteiger charge is 2.26. The topological polar surface area (TPSA) is 56.2 Å². The second-order valence-corrected chi connectivity index (χ2v) is 6.07. The van der Waals surface area contributed by atoms with Crippen LogP contribution in [0.25, 0.3) is 0 Å². The van der Waals surface area contributed by atoms with Gasteiger partial charge in [0.25, 0.3) is 5.91 Å². The van der Waals surface area contributed by atoms with Gasteiger partial charge in [-0.2, -0.15) is 0 Å². The second kappa shape index (κ2) is 6.91. The second-order valence-electron chi connectivity index (χ2n) is 6.07. The van der Waals surface area contributed by atoms with Crippen molar-refractivity contribution < 1.29 is 9.53 Å². The van der Waals surface area contributed by atoms with Crippen molar-refractivity contribution in [2.24, 2.45) is 0 Å². The average molecular weight is 333 g/mol. The summed E-state index contributed by atoms with van der Waals surface area (Å²) in [6, 6.07) is 19.9. The molecule has 126 valence electrons.